The number of nitrogens with zero attached hydrogens (tertiary/aromatic N) is 1. The summed E-state index contributed by atoms with van der Waals surface area (Å²) in [5.41, 5.74) is -1.12. The first-order chi connectivity index (χ1) is 9.76. The van der Waals surface area contributed by atoms with Gasteiger partial charge in [-0.05, 0) is 30.9 Å². The van der Waals surface area contributed by atoms with E-state index >= 15 is 0 Å². The second-order valence-electron chi connectivity index (χ2n) is 4.99. The average molecular weight is 342 g/mol. The molecule has 1 aliphatic heterocycles. The molecule has 1 saturated heterocycles. The molecule has 0 aliphatic carbocycles. The van der Waals surface area contributed by atoms with Crippen molar-refractivity contribution >= 4 is 21.6 Å². The van der Waals surface area contributed by atoms with Crippen LogP contribution < -0.4 is 0 Å². The highest BCUT2D eigenvalue weighted by molar-refractivity contribution is 7.89. The van der Waals surface area contributed by atoms with E-state index < -0.39 is 26.7 Å². The molecule has 118 valence electrons. The molecule has 0 amide bonds. The van der Waals surface area contributed by atoms with Gasteiger partial charge in [-0.3, -0.25) is 0 Å². The molecule has 0 spiro atoms. The van der Waals surface area contributed by atoms with Crippen molar-refractivity contribution in [2.75, 3.05) is 19.0 Å². The summed E-state index contributed by atoms with van der Waals surface area (Å²) in [4.78, 5) is -0.677. The molecule has 1 aromatic rings. The van der Waals surface area contributed by atoms with E-state index in [1.54, 1.807) is 0 Å². The monoisotopic (exact) mass is 341 g/mol. The molecule has 1 fully saturated rings. The lowest BCUT2D eigenvalue weighted by molar-refractivity contribution is -0.139. The van der Waals surface area contributed by atoms with E-state index in [2.05, 4.69) is 0 Å². The maximum Gasteiger partial charge on any atom is 0.417 e. The van der Waals surface area contributed by atoms with Gasteiger partial charge in [-0.25, -0.2) is 8.42 Å². The van der Waals surface area contributed by atoms with Crippen molar-refractivity contribution < 1.29 is 21.6 Å². The van der Waals surface area contributed by atoms with Gasteiger partial charge in [0.15, 0.2) is 0 Å². The Bertz CT molecular complexity index is 604. The Labute approximate surface area is 126 Å². The van der Waals surface area contributed by atoms with Crippen molar-refractivity contribution in [3.05, 3.63) is 29.8 Å². The number of alkyl halides is 4. The van der Waals surface area contributed by atoms with Gasteiger partial charge < -0.3 is 0 Å². The molecule has 1 aromatic carbocycles. The molecular formula is C13H15ClF3NO2S. The van der Waals surface area contributed by atoms with Crippen LogP contribution in [-0.2, 0) is 16.2 Å². The molecule has 0 bridgehead atoms. The molecule has 0 N–H and O–H groups in total. The van der Waals surface area contributed by atoms with Gasteiger partial charge in [0, 0.05) is 19.0 Å². The molecule has 0 saturated carbocycles. The maximum absolute atomic E-state index is 13.0. The van der Waals surface area contributed by atoms with Gasteiger partial charge in [0.25, 0.3) is 0 Å². The fourth-order valence-electron chi connectivity index (χ4n) is 2.47. The van der Waals surface area contributed by atoms with Crippen LogP contribution in [0, 0.1) is 5.92 Å². The van der Waals surface area contributed by atoms with Crippen molar-refractivity contribution in [3.63, 3.8) is 0 Å². The quantitative estimate of drug-likeness (QED) is 0.788. The minimum atomic E-state index is -4.70. The fourth-order valence-corrected chi connectivity index (χ4v) is 4.52. The van der Waals surface area contributed by atoms with E-state index in [9.17, 15) is 21.6 Å². The molecule has 0 aromatic heterocycles. The minimum absolute atomic E-state index is 0.107. The van der Waals surface area contributed by atoms with Crippen LogP contribution in [0.5, 0.6) is 0 Å². The zero-order valence-corrected chi connectivity index (χ0v) is 12.7. The van der Waals surface area contributed by atoms with Crippen LogP contribution in [0.25, 0.3) is 0 Å². The van der Waals surface area contributed by atoms with Gasteiger partial charge in [0.2, 0.25) is 10.0 Å². The summed E-state index contributed by atoms with van der Waals surface area (Å²) in [5, 5.41) is 0. The van der Waals surface area contributed by atoms with Gasteiger partial charge in [0.1, 0.15) is 0 Å². The standard InChI is InChI=1S/C13H15ClF3NO2S/c14-7-5-10-6-8-18(9-10)21(19,20)12-4-2-1-3-11(12)13(15,16)17/h1-4,10H,5-9H2. The Balaban J connectivity index is 2.34. The molecule has 8 heteroatoms. The Kier molecular flexibility index (Phi) is 4.85. The van der Waals surface area contributed by atoms with Gasteiger partial charge >= 0.3 is 6.18 Å². The minimum Gasteiger partial charge on any atom is -0.207 e. The first-order valence-corrected chi connectivity index (χ1v) is 8.46. The second-order valence-corrected chi connectivity index (χ2v) is 7.27. The number of rotatable bonds is 4. The lowest BCUT2D eigenvalue weighted by Crippen LogP contribution is -2.30. The summed E-state index contributed by atoms with van der Waals surface area (Å²) in [6, 6.07) is 4.28. The molecule has 1 unspecified atom stereocenters. The third-order valence-corrected chi connectivity index (χ3v) is 5.72. The third kappa shape index (κ3) is 3.52. The van der Waals surface area contributed by atoms with E-state index in [1.807, 2.05) is 0 Å². The molecule has 1 heterocycles. The Hall–Kier alpha value is -0.790. The van der Waals surface area contributed by atoms with E-state index in [0.717, 1.165) is 16.4 Å². The van der Waals surface area contributed by atoms with Crippen LogP contribution in [0.3, 0.4) is 0 Å². The zero-order valence-electron chi connectivity index (χ0n) is 11.1. The summed E-state index contributed by atoms with van der Waals surface area (Å²) in [6.45, 7) is 0.456. The highest BCUT2D eigenvalue weighted by Crippen LogP contribution is 2.36. The summed E-state index contributed by atoms with van der Waals surface area (Å²) >= 11 is 5.63. The number of sulfonamides is 1. The molecular weight excluding hydrogens is 327 g/mol. The van der Waals surface area contributed by atoms with Crippen LogP contribution in [0.15, 0.2) is 29.2 Å². The molecule has 1 atom stereocenters. The van der Waals surface area contributed by atoms with Crippen LogP contribution in [0.4, 0.5) is 13.2 Å². The van der Waals surface area contributed by atoms with Crippen molar-refractivity contribution in [1.82, 2.24) is 4.31 Å². The summed E-state index contributed by atoms with van der Waals surface area (Å²) < 4.78 is 64.9. The zero-order chi connectivity index (χ0) is 15.7. The van der Waals surface area contributed by atoms with E-state index in [0.29, 0.717) is 18.7 Å². The maximum atomic E-state index is 13.0. The first-order valence-electron chi connectivity index (χ1n) is 6.49. The largest absolute Gasteiger partial charge is 0.417 e. The summed E-state index contributed by atoms with van der Waals surface area (Å²) in [6.07, 6.45) is -3.41. The van der Waals surface area contributed by atoms with Crippen LogP contribution >= 0.6 is 11.6 Å². The Morgan fingerprint density at radius 2 is 1.95 bits per heavy atom. The normalized spacial score (nSPS) is 20.9. The lowest BCUT2D eigenvalue weighted by Gasteiger charge is -2.19. The fraction of sp³-hybridized carbons (Fsp3) is 0.538. The summed E-state index contributed by atoms with van der Waals surface area (Å²) in [7, 11) is -4.13. The Morgan fingerprint density at radius 1 is 1.29 bits per heavy atom. The van der Waals surface area contributed by atoms with E-state index in [-0.39, 0.29) is 19.0 Å². The second kappa shape index (κ2) is 6.14. The van der Waals surface area contributed by atoms with Crippen molar-refractivity contribution in [3.8, 4) is 0 Å². The molecule has 21 heavy (non-hydrogen) atoms. The number of halogens is 4. The van der Waals surface area contributed by atoms with Crippen LogP contribution in [0.2, 0.25) is 0 Å². The number of hydrogen-bond donors (Lipinski definition) is 0. The van der Waals surface area contributed by atoms with Crippen molar-refractivity contribution in [2.45, 2.75) is 23.9 Å². The number of hydrogen-bond acceptors (Lipinski definition) is 2. The predicted octanol–water partition coefficient (Wildman–Crippen LogP) is 3.34. The number of benzene rings is 1. The molecule has 3 nitrogen and oxygen atoms in total. The van der Waals surface area contributed by atoms with Crippen LogP contribution in [0.1, 0.15) is 18.4 Å². The van der Waals surface area contributed by atoms with Crippen molar-refractivity contribution in [1.29, 1.82) is 0 Å². The van der Waals surface area contributed by atoms with Crippen molar-refractivity contribution in [2.24, 2.45) is 5.92 Å². The molecule has 1 aliphatic rings. The predicted molar refractivity (Wildman–Crippen MR) is 73.6 cm³/mol. The third-order valence-electron chi connectivity index (χ3n) is 3.58. The van der Waals surface area contributed by atoms with Gasteiger partial charge in [-0.2, -0.15) is 17.5 Å². The van der Waals surface area contributed by atoms with Gasteiger partial charge in [0.05, 0.1) is 10.5 Å². The molecule has 0 radical (unpaired) electrons. The smallest absolute Gasteiger partial charge is 0.207 e. The van der Waals surface area contributed by atoms with E-state index in [1.165, 1.54) is 12.1 Å². The van der Waals surface area contributed by atoms with Gasteiger partial charge in [-0.1, -0.05) is 12.1 Å². The van der Waals surface area contributed by atoms with E-state index in [4.69, 9.17) is 11.6 Å². The average Bonchev–Trinajstić information content (AvgIpc) is 2.87. The highest BCUT2D eigenvalue weighted by atomic mass is 35.5. The van der Waals surface area contributed by atoms with Gasteiger partial charge in [-0.15, -0.1) is 11.6 Å². The lowest BCUT2D eigenvalue weighted by atomic mass is 10.1. The Morgan fingerprint density at radius 3 is 2.57 bits per heavy atom. The van der Waals surface area contributed by atoms with Crippen LogP contribution in [-0.4, -0.2) is 31.7 Å². The highest BCUT2D eigenvalue weighted by Gasteiger charge is 2.40. The molecule has 2 rings (SSSR count). The topological polar surface area (TPSA) is 37.4 Å². The first kappa shape index (κ1) is 16.6. The summed E-state index contributed by atoms with van der Waals surface area (Å²) in [5.74, 6) is 0.521. The SMILES string of the molecule is O=S(=O)(c1ccccc1C(F)(F)F)N1CCC(CCCl)C1.